The molecular weight excluding hydrogens is 428 g/mol. The van der Waals surface area contributed by atoms with E-state index in [1.165, 1.54) is 24.6 Å². The van der Waals surface area contributed by atoms with Gasteiger partial charge in [-0.1, -0.05) is 50.7 Å². The third kappa shape index (κ3) is 4.73. The van der Waals surface area contributed by atoms with Crippen LogP contribution >= 0.6 is 24.0 Å². The van der Waals surface area contributed by atoms with E-state index in [9.17, 15) is 14.9 Å². The van der Waals surface area contributed by atoms with Crippen molar-refractivity contribution < 1.29 is 4.79 Å². The second-order valence-corrected chi connectivity index (χ2v) is 10.2. The van der Waals surface area contributed by atoms with E-state index >= 15 is 0 Å². The summed E-state index contributed by atoms with van der Waals surface area (Å²) in [4.78, 5) is 30.6. The van der Waals surface area contributed by atoms with Gasteiger partial charge in [-0.3, -0.25) is 19.1 Å². The van der Waals surface area contributed by atoms with E-state index < -0.39 is 0 Å². The summed E-state index contributed by atoms with van der Waals surface area (Å²) in [6.07, 6.45) is 6.32. The van der Waals surface area contributed by atoms with Crippen molar-refractivity contribution >= 4 is 46.1 Å². The molecule has 31 heavy (non-hydrogen) atoms. The predicted octanol–water partition coefficient (Wildman–Crippen LogP) is 4.29. The first kappa shape index (κ1) is 23.6. The zero-order chi connectivity index (χ0) is 22.7. The van der Waals surface area contributed by atoms with E-state index in [0.717, 1.165) is 37.3 Å². The minimum atomic E-state index is -0.258. The average Bonchev–Trinajstić information content (AvgIpc) is 2.92. The first-order valence-electron chi connectivity index (χ1n) is 11.0. The van der Waals surface area contributed by atoms with Crippen LogP contribution in [0.25, 0.3) is 6.08 Å². The number of nitrogens with zero attached hydrogens (tertiary/aromatic N) is 4. The number of anilines is 1. The Labute approximate surface area is 193 Å². The van der Waals surface area contributed by atoms with Gasteiger partial charge in [-0.15, -0.1) is 0 Å². The molecule has 6 nitrogen and oxygen atoms in total. The van der Waals surface area contributed by atoms with Gasteiger partial charge in [0.25, 0.3) is 11.5 Å². The van der Waals surface area contributed by atoms with Crippen molar-refractivity contribution in [2.75, 3.05) is 24.5 Å². The number of carbonyl (C=O) groups is 1. The topological polar surface area (TPSA) is 69.3 Å². The number of nitriles is 1. The lowest BCUT2D eigenvalue weighted by molar-refractivity contribution is -0.122. The highest BCUT2D eigenvalue weighted by Crippen LogP contribution is 2.36. The summed E-state index contributed by atoms with van der Waals surface area (Å²) in [5.41, 5.74) is 1.30. The number of thioether (sulfide) groups is 1. The van der Waals surface area contributed by atoms with Crippen LogP contribution < -0.4 is 10.5 Å². The van der Waals surface area contributed by atoms with Crippen LogP contribution in [-0.2, 0) is 11.3 Å². The van der Waals surface area contributed by atoms with Gasteiger partial charge in [-0.2, -0.15) is 5.26 Å². The molecular formula is C23H30N4O2S2. The van der Waals surface area contributed by atoms with Crippen LogP contribution in [0.5, 0.6) is 0 Å². The molecule has 1 amide bonds. The molecule has 1 aromatic heterocycles. The van der Waals surface area contributed by atoms with Crippen LogP contribution in [-0.4, -0.2) is 39.3 Å². The quantitative estimate of drug-likeness (QED) is 0.484. The molecule has 0 N–H and O–H groups in total. The minimum Gasteiger partial charge on any atom is -0.357 e. The van der Waals surface area contributed by atoms with Gasteiger partial charge >= 0.3 is 0 Å². The monoisotopic (exact) mass is 458 g/mol. The molecule has 0 bridgehead atoms. The molecule has 166 valence electrons. The van der Waals surface area contributed by atoms with Gasteiger partial charge in [0.15, 0.2) is 0 Å². The molecule has 0 aromatic carbocycles. The Balaban J connectivity index is 2.20. The second-order valence-electron chi connectivity index (χ2n) is 8.49. The molecule has 1 aromatic rings. The van der Waals surface area contributed by atoms with Gasteiger partial charge in [-0.25, -0.2) is 0 Å². The summed E-state index contributed by atoms with van der Waals surface area (Å²) in [5, 5.41) is 9.69. The SMILES string of the molecule is CCn1c(N2CCCCCC2)c(/C=C2\SC(=S)N(CC(C)C)C2=O)c(C)c(C#N)c1=O. The number of amides is 1. The van der Waals surface area contributed by atoms with Gasteiger partial charge in [0, 0.05) is 31.7 Å². The summed E-state index contributed by atoms with van der Waals surface area (Å²) in [6.45, 7) is 10.6. The standard InChI is InChI=1S/C23H30N4O2S2/c1-5-26-20(25-10-8-6-7-9-11-25)17(16(4)18(13-24)21(26)28)12-19-22(29)27(14-15(2)3)23(30)31-19/h12,15H,5-11,14H2,1-4H3/b19-12-. The molecule has 0 atom stereocenters. The van der Waals surface area contributed by atoms with Crippen molar-refractivity contribution in [1.29, 1.82) is 5.26 Å². The lowest BCUT2D eigenvalue weighted by Crippen LogP contribution is -2.35. The van der Waals surface area contributed by atoms with Gasteiger partial charge < -0.3 is 4.90 Å². The minimum absolute atomic E-state index is 0.0994. The normalized spacial score (nSPS) is 18.8. The third-order valence-corrected chi connectivity index (χ3v) is 7.14. The Hall–Kier alpha value is -2.11. The number of hydrogen-bond donors (Lipinski definition) is 0. The fourth-order valence-electron chi connectivity index (χ4n) is 4.21. The zero-order valence-corrected chi connectivity index (χ0v) is 20.4. The molecule has 3 heterocycles. The highest BCUT2D eigenvalue weighted by atomic mass is 32.2. The fraction of sp³-hybridized carbons (Fsp3) is 0.565. The second kappa shape index (κ2) is 10.0. The van der Waals surface area contributed by atoms with Crippen molar-refractivity contribution in [1.82, 2.24) is 9.47 Å². The summed E-state index contributed by atoms with van der Waals surface area (Å²) in [5.74, 6) is 1.03. The average molecular weight is 459 g/mol. The highest BCUT2D eigenvalue weighted by molar-refractivity contribution is 8.26. The predicted molar refractivity (Wildman–Crippen MR) is 131 cm³/mol. The molecule has 0 saturated carbocycles. The number of thiocarbonyl (C=S) groups is 1. The van der Waals surface area contributed by atoms with E-state index in [4.69, 9.17) is 12.2 Å². The maximum atomic E-state index is 13.1. The first-order valence-corrected chi connectivity index (χ1v) is 12.2. The Bertz CT molecular complexity index is 1010. The van der Waals surface area contributed by atoms with Crippen molar-refractivity contribution in [3.63, 3.8) is 0 Å². The van der Waals surface area contributed by atoms with E-state index in [1.54, 1.807) is 9.47 Å². The van der Waals surface area contributed by atoms with Gasteiger partial charge in [0.1, 0.15) is 21.8 Å². The Morgan fingerprint density at radius 3 is 2.39 bits per heavy atom. The van der Waals surface area contributed by atoms with Gasteiger partial charge in [-0.05, 0) is 44.2 Å². The molecule has 3 rings (SSSR count). The van der Waals surface area contributed by atoms with Crippen molar-refractivity contribution in [2.45, 2.75) is 59.9 Å². The summed E-state index contributed by atoms with van der Waals surface area (Å²) < 4.78 is 2.25. The molecule has 0 radical (unpaired) electrons. The van der Waals surface area contributed by atoms with Crippen molar-refractivity contribution in [3.8, 4) is 6.07 Å². The number of pyridine rings is 1. The van der Waals surface area contributed by atoms with Crippen LogP contribution in [0, 0.1) is 24.2 Å². The van der Waals surface area contributed by atoms with Crippen LogP contribution in [0.3, 0.4) is 0 Å². The largest absolute Gasteiger partial charge is 0.357 e. The van der Waals surface area contributed by atoms with Crippen LogP contribution in [0.1, 0.15) is 63.1 Å². The molecule has 0 unspecified atom stereocenters. The fourth-order valence-corrected chi connectivity index (χ4v) is 5.47. The maximum Gasteiger partial charge on any atom is 0.270 e. The Morgan fingerprint density at radius 1 is 1.19 bits per heavy atom. The molecule has 2 fully saturated rings. The number of rotatable bonds is 5. The van der Waals surface area contributed by atoms with Gasteiger partial charge in [0.05, 0.1) is 4.91 Å². The van der Waals surface area contributed by atoms with Crippen LogP contribution in [0.2, 0.25) is 0 Å². The third-order valence-electron chi connectivity index (χ3n) is 5.76. The van der Waals surface area contributed by atoms with Crippen LogP contribution in [0.4, 0.5) is 5.82 Å². The summed E-state index contributed by atoms with van der Waals surface area (Å²) in [6, 6.07) is 2.09. The van der Waals surface area contributed by atoms with E-state index in [2.05, 4.69) is 24.8 Å². The number of aromatic nitrogens is 1. The smallest absolute Gasteiger partial charge is 0.270 e. The molecule has 2 aliphatic rings. The lowest BCUT2D eigenvalue weighted by Gasteiger charge is -2.29. The molecule has 2 aliphatic heterocycles. The highest BCUT2D eigenvalue weighted by Gasteiger charge is 2.33. The zero-order valence-electron chi connectivity index (χ0n) is 18.7. The van der Waals surface area contributed by atoms with E-state index in [-0.39, 0.29) is 17.0 Å². The van der Waals surface area contributed by atoms with E-state index in [0.29, 0.717) is 33.8 Å². The first-order chi connectivity index (χ1) is 14.8. The summed E-state index contributed by atoms with van der Waals surface area (Å²) >= 11 is 6.76. The molecule has 2 saturated heterocycles. The van der Waals surface area contributed by atoms with Crippen molar-refractivity contribution in [2.24, 2.45) is 5.92 Å². The van der Waals surface area contributed by atoms with Crippen molar-refractivity contribution in [3.05, 3.63) is 31.9 Å². The lowest BCUT2D eigenvalue weighted by atomic mass is 10.0. The Kier molecular flexibility index (Phi) is 7.60. The molecule has 0 spiro atoms. The van der Waals surface area contributed by atoms with Crippen LogP contribution in [0.15, 0.2) is 9.70 Å². The van der Waals surface area contributed by atoms with Gasteiger partial charge in [0.2, 0.25) is 0 Å². The maximum absolute atomic E-state index is 13.1. The molecule has 8 heteroatoms. The number of carbonyl (C=O) groups excluding carboxylic acids is 1. The van der Waals surface area contributed by atoms with E-state index in [1.807, 2.05) is 19.9 Å². The molecule has 0 aliphatic carbocycles. The Morgan fingerprint density at radius 2 is 1.84 bits per heavy atom. The summed E-state index contributed by atoms with van der Waals surface area (Å²) in [7, 11) is 0. The number of hydrogen-bond acceptors (Lipinski definition) is 6.